The molecular formula is C16H21ClN6OS. The average Bonchev–Trinajstić information content (AvgIpc) is 3.10. The lowest BCUT2D eigenvalue weighted by Gasteiger charge is -2.36. The predicted molar refractivity (Wildman–Crippen MR) is 101 cm³/mol. The molecule has 1 atom stereocenters. The average molecular weight is 381 g/mol. The Hall–Kier alpha value is -1.90. The Labute approximate surface area is 156 Å². The van der Waals surface area contributed by atoms with E-state index in [1.54, 1.807) is 25.5 Å². The second kappa shape index (κ2) is 8.46. The van der Waals surface area contributed by atoms with Crippen LogP contribution in [0.25, 0.3) is 0 Å². The summed E-state index contributed by atoms with van der Waals surface area (Å²) in [6.45, 7) is 3.69. The SMILES string of the molecule is CN=C(NCC(O)c1ccc(Cl)s1)N1CCN(c2ncccn2)CC1. The molecule has 25 heavy (non-hydrogen) atoms. The summed E-state index contributed by atoms with van der Waals surface area (Å²) in [5, 5.41) is 13.5. The molecule has 1 aliphatic rings. The van der Waals surface area contributed by atoms with Crippen LogP contribution in [-0.4, -0.2) is 65.7 Å². The molecule has 1 fully saturated rings. The molecule has 1 unspecified atom stereocenters. The van der Waals surface area contributed by atoms with Crippen molar-refractivity contribution in [1.29, 1.82) is 0 Å². The zero-order chi connectivity index (χ0) is 17.6. The van der Waals surface area contributed by atoms with Crippen molar-refractivity contribution >= 4 is 34.8 Å². The van der Waals surface area contributed by atoms with Crippen molar-refractivity contribution in [1.82, 2.24) is 20.2 Å². The standard InChI is InChI=1S/C16H21ClN6OS/c1-18-15(21-11-12(24)13-3-4-14(17)25-13)22-7-9-23(10-8-22)16-19-5-2-6-20-16/h2-6,12,24H,7-11H2,1H3,(H,18,21). The van der Waals surface area contributed by atoms with E-state index in [2.05, 4.69) is 30.1 Å². The van der Waals surface area contributed by atoms with Gasteiger partial charge in [0.1, 0.15) is 6.10 Å². The molecular weight excluding hydrogens is 360 g/mol. The maximum Gasteiger partial charge on any atom is 0.225 e. The van der Waals surface area contributed by atoms with Crippen molar-refractivity contribution in [2.24, 2.45) is 4.99 Å². The number of aliphatic imine (C=N–C) groups is 1. The number of hydrogen-bond donors (Lipinski definition) is 2. The Bertz CT molecular complexity index is 702. The smallest absolute Gasteiger partial charge is 0.225 e. The van der Waals surface area contributed by atoms with E-state index < -0.39 is 6.10 Å². The molecule has 0 aliphatic carbocycles. The molecule has 7 nitrogen and oxygen atoms in total. The van der Waals surface area contributed by atoms with Crippen molar-refractivity contribution in [3.8, 4) is 0 Å². The van der Waals surface area contributed by atoms with Crippen molar-refractivity contribution in [3.63, 3.8) is 0 Å². The third-order valence-electron chi connectivity index (χ3n) is 4.00. The second-order valence-electron chi connectivity index (χ2n) is 5.61. The van der Waals surface area contributed by atoms with Gasteiger partial charge in [-0.1, -0.05) is 11.6 Å². The Kier molecular flexibility index (Phi) is 6.06. The Morgan fingerprint density at radius 3 is 2.64 bits per heavy atom. The summed E-state index contributed by atoms with van der Waals surface area (Å²) >= 11 is 7.31. The Balaban J connectivity index is 1.51. The van der Waals surface area contributed by atoms with Crippen LogP contribution in [0.4, 0.5) is 5.95 Å². The molecule has 0 amide bonds. The molecule has 2 aromatic rings. The first-order valence-electron chi connectivity index (χ1n) is 8.08. The number of nitrogens with one attached hydrogen (secondary N) is 1. The van der Waals surface area contributed by atoms with E-state index in [0.717, 1.165) is 43.0 Å². The monoisotopic (exact) mass is 380 g/mol. The van der Waals surface area contributed by atoms with Crippen molar-refractivity contribution in [3.05, 3.63) is 39.8 Å². The van der Waals surface area contributed by atoms with Gasteiger partial charge in [-0.15, -0.1) is 11.3 Å². The molecule has 2 N–H and O–H groups in total. The van der Waals surface area contributed by atoms with Crippen LogP contribution in [0.2, 0.25) is 4.34 Å². The van der Waals surface area contributed by atoms with Gasteiger partial charge < -0.3 is 20.2 Å². The van der Waals surface area contributed by atoms with Gasteiger partial charge in [0.2, 0.25) is 5.95 Å². The Morgan fingerprint density at radius 2 is 2.04 bits per heavy atom. The summed E-state index contributed by atoms with van der Waals surface area (Å²) in [5.41, 5.74) is 0. The predicted octanol–water partition coefficient (Wildman–Crippen LogP) is 1.62. The fourth-order valence-corrected chi connectivity index (χ4v) is 3.75. The van der Waals surface area contributed by atoms with Crippen molar-refractivity contribution < 1.29 is 5.11 Å². The molecule has 0 saturated carbocycles. The highest BCUT2D eigenvalue weighted by Gasteiger charge is 2.21. The fourth-order valence-electron chi connectivity index (χ4n) is 2.70. The Morgan fingerprint density at radius 1 is 1.32 bits per heavy atom. The van der Waals surface area contributed by atoms with Crippen LogP contribution < -0.4 is 10.2 Å². The first-order chi connectivity index (χ1) is 12.2. The summed E-state index contributed by atoms with van der Waals surface area (Å²) < 4.78 is 0.678. The minimum absolute atomic E-state index is 0.394. The van der Waals surface area contributed by atoms with Crippen molar-refractivity contribution in [2.75, 3.05) is 44.7 Å². The minimum atomic E-state index is -0.603. The minimum Gasteiger partial charge on any atom is -0.386 e. The zero-order valence-electron chi connectivity index (χ0n) is 14.0. The van der Waals surface area contributed by atoms with Crippen LogP contribution >= 0.6 is 22.9 Å². The van der Waals surface area contributed by atoms with Gasteiger partial charge in [0.15, 0.2) is 5.96 Å². The van der Waals surface area contributed by atoms with Crippen LogP contribution in [-0.2, 0) is 0 Å². The van der Waals surface area contributed by atoms with Crippen molar-refractivity contribution in [2.45, 2.75) is 6.10 Å². The van der Waals surface area contributed by atoms with Crippen LogP contribution in [0, 0.1) is 0 Å². The molecule has 0 radical (unpaired) electrons. The zero-order valence-corrected chi connectivity index (χ0v) is 15.5. The lowest BCUT2D eigenvalue weighted by molar-refractivity contribution is 0.183. The van der Waals surface area contributed by atoms with Gasteiger partial charge in [-0.05, 0) is 18.2 Å². The van der Waals surface area contributed by atoms with E-state index >= 15 is 0 Å². The summed E-state index contributed by atoms with van der Waals surface area (Å²) in [6.07, 6.45) is 2.91. The number of nitrogens with zero attached hydrogens (tertiary/aromatic N) is 5. The number of anilines is 1. The molecule has 1 saturated heterocycles. The normalized spacial score (nSPS) is 16.8. The third kappa shape index (κ3) is 4.59. The number of guanidine groups is 1. The van der Waals surface area contributed by atoms with Gasteiger partial charge in [-0.25, -0.2) is 9.97 Å². The highest BCUT2D eigenvalue weighted by atomic mass is 35.5. The van der Waals surface area contributed by atoms with Gasteiger partial charge in [-0.2, -0.15) is 0 Å². The van der Waals surface area contributed by atoms with Gasteiger partial charge in [-0.3, -0.25) is 4.99 Å². The topological polar surface area (TPSA) is 76.9 Å². The molecule has 3 heterocycles. The number of thiophene rings is 1. The number of halogens is 1. The number of rotatable bonds is 4. The lowest BCUT2D eigenvalue weighted by atomic mass is 10.3. The van der Waals surface area contributed by atoms with E-state index in [0.29, 0.717) is 10.9 Å². The number of piperazine rings is 1. The highest BCUT2D eigenvalue weighted by molar-refractivity contribution is 7.16. The summed E-state index contributed by atoms with van der Waals surface area (Å²) in [4.78, 5) is 18.1. The first-order valence-corrected chi connectivity index (χ1v) is 9.27. The van der Waals surface area contributed by atoms with Gasteiger partial charge >= 0.3 is 0 Å². The molecule has 3 rings (SSSR count). The summed E-state index contributed by atoms with van der Waals surface area (Å²) in [6, 6.07) is 5.46. The number of aliphatic hydroxyl groups is 1. The molecule has 0 aromatic carbocycles. The number of hydrogen-bond acceptors (Lipinski definition) is 6. The summed E-state index contributed by atoms with van der Waals surface area (Å²) in [5.74, 6) is 1.55. The molecule has 134 valence electrons. The van der Waals surface area contributed by atoms with E-state index in [1.165, 1.54) is 11.3 Å². The quantitative estimate of drug-likeness (QED) is 0.620. The summed E-state index contributed by atoms with van der Waals surface area (Å²) in [7, 11) is 1.75. The highest BCUT2D eigenvalue weighted by Crippen LogP contribution is 2.26. The van der Waals surface area contributed by atoms with Gasteiger partial charge in [0.05, 0.1) is 4.34 Å². The molecule has 1 aliphatic heterocycles. The van der Waals surface area contributed by atoms with Gasteiger partial charge in [0, 0.05) is 57.0 Å². The van der Waals surface area contributed by atoms with Crippen LogP contribution in [0.5, 0.6) is 0 Å². The van der Waals surface area contributed by atoms with Crippen LogP contribution in [0.3, 0.4) is 0 Å². The van der Waals surface area contributed by atoms with E-state index in [1.807, 2.05) is 12.1 Å². The first kappa shape index (κ1) is 17.9. The maximum absolute atomic E-state index is 10.3. The largest absolute Gasteiger partial charge is 0.386 e. The second-order valence-corrected chi connectivity index (χ2v) is 7.36. The fraction of sp³-hybridized carbons (Fsp3) is 0.438. The molecule has 9 heteroatoms. The lowest BCUT2D eigenvalue weighted by Crippen LogP contribution is -2.53. The van der Waals surface area contributed by atoms with Crippen LogP contribution in [0.1, 0.15) is 11.0 Å². The van der Waals surface area contributed by atoms with E-state index in [4.69, 9.17) is 11.6 Å². The van der Waals surface area contributed by atoms with E-state index in [9.17, 15) is 5.11 Å². The van der Waals surface area contributed by atoms with E-state index in [-0.39, 0.29) is 0 Å². The molecule has 2 aromatic heterocycles. The van der Waals surface area contributed by atoms with Crippen LogP contribution in [0.15, 0.2) is 35.6 Å². The molecule has 0 spiro atoms. The maximum atomic E-state index is 10.3. The third-order valence-corrected chi connectivity index (χ3v) is 5.33. The number of aromatic nitrogens is 2. The molecule has 0 bridgehead atoms. The number of aliphatic hydroxyl groups excluding tert-OH is 1. The van der Waals surface area contributed by atoms with Gasteiger partial charge in [0.25, 0.3) is 0 Å².